The van der Waals surface area contributed by atoms with Gasteiger partial charge in [-0.05, 0) is 30.3 Å². The number of para-hydroxylation sites is 1. The predicted octanol–water partition coefficient (Wildman–Crippen LogP) is 5.97. The summed E-state index contributed by atoms with van der Waals surface area (Å²) >= 11 is 3.54. The van der Waals surface area contributed by atoms with Crippen LogP contribution in [0.25, 0.3) is 28.2 Å². The highest BCUT2D eigenvalue weighted by molar-refractivity contribution is 9.10. The van der Waals surface area contributed by atoms with Crippen LogP contribution in [0.15, 0.2) is 95.5 Å². The molecule has 0 N–H and O–H groups in total. The van der Waals surface area contributed by atoms with Crippen molar-refractivity contribution < 1.29 is 0 Å². The van der Waals surface area contributed by atoms with Crippen LogP contribution in [-0.4, -0.2) is 9.78 Å². The molecule has 0 unspecified atom stereocenters. The van der Waals surface area contributed by atoms with E-state index < -0.39 is 0 Å². The lowest BCUT2D eigenvalue weighted by Crippen LogP contribution is -1.98. The molecule has 1 heterocycles. The summed E-state index contributed by atoms with van der Waals surface area (Å²) in [7, 11) is 0. The lowest BCUT2D eigenvalue weighted by Gasteiger charge is -2.07. The molecule has 0 atom stereocenters. The van der Waals surface area contributed by atoms with Gasteiger partial charge in [-0.2, -0.15) is 5.10 Å². The monoisotopic (exact) mass is 374 g/mol. The van der Waals surface area contributed by atoms with E-state index in [9.17, 15) is 0 Å². The topological polar surface area (TPSA) is 17.8 Å². The molecule has 3 heteroatoms. The highest BCUT2D eigenvalue weighted by Crippen LogP contribution is 2.29. The van der Waals surface area contributed by atoms with Crippen LogP contribution >= 0.6 is 15.9 Å². The lowest BCUT2D eigenvalue weighted by atomic mass is 10.1. The van der Waals surface area contributed by atoms with Gasteiger partial charge in [-0.1, -0.05) is 76.6 Å². The van der Waals surface area contributed by atoms with Crippen LogP contribution in [0.2, 0.25) is 0 Å². The van der Waals surface area contributed by atoms with Crippen molar-refractivity contribution in [2.24, 2.45) is 0 Å². The zero-order valence-electron chi connectivity index (χ0n) is 12.9. The van der Waals surface area contributed by atoms with Gasteiger partial charge in [0.05, 0.1) is 17.1 Å². The second-order valence-electron chi connectivity index (χ2n) is 5.54. The van der Waals surface area contributed by atoms with Gasteiger partial charge in [0, 0.05) is 15.6 Å². The number of hydrogen-bond acceptors (Lipinski definition) is 1. The van der Waals surface area contributed by atoms with Crippen LogP contribution in [-0.2, 0) is 0 Å². The molecule has 0 bridgehead atoms. The van der Waals surface area contributed by atoms with E-state index in [2.05, 4.69) is 70.5 Å². The van der Waals surface area contributed by atoms with Gasteiger partial charge >= 0.3 is 0 Å². The molecular weight excluding hydrogens is 360 g/mol. The van der Waals surface area contributed by atoms with E-state index in [-0.39, 0.29) is 0 Å². The number of benzene rings is 3. The Kier molecular flexibility index (Phi) is 4.01. The zero-order valence-corrected chi connectivity index (χ0v) is 14.5. The molecule has 24 heavy (non-hydrogen) atoms. The average Bonchev–Trinajstić information content (AvgIpc) is 3.09. The molecule has 0 aliphatic rings. The Balaban J connectivity index is 1.91. The van der Waals surface area contributed by atoms with Crippen molar-refractivity contribution in [3.63, 3.8) is 0 Å². The zero-order chi connectivity index (χ0) is 16.4. The largest absolute Gasteiger partial charge is 0.232 e. The summed E-state index contributed by atoms with van der Waals surface area (Å²) in [6.07, 6.45) is 0. The smallest absolute Gasteiger partial charge is 0.0934 e. The Hall–Kier alpha value is -2.65. The van der Waals surface area contributed by atoms with Crippen molar-refractivity contribution in [1.29, 1.82) is 0 Å². The van der Waals surface area contributed by atoms with Crippen LogP contribution < -0.4 is 0 Å². The van der Waals surface area contributed by atoms with E-state index in [1.54, 1.807) is 0 Å². The van der Waals surface area contributed by atoms with Gasteiger partial charge in [0.25, 0.3) is 0 Å². The summed E-state index contributed by atoms with van der Waals surface area (Å²) in [5, 5.41) is 4.86. The fourth-order valence-corrected chi connectivity index (χ4v) is 3.15. The first-order chi connectivity index (χ1) is 11.8. The number of hydrogen-bond donors (Lipinski definition) is 0. The summed E-state index contributed by atoms with van der Waals surface area (Å²) in [6, 6.07) is 31.0. The minimum Gasteiger partial charge on any atom is -0.232 e. The average molecular weight is 375 g/mol. The number of halogens is 1. The van der Waals surface area contributed by atoms with E-state index in [0.717, 1.165) is 32.7 Å². The van der Waals surface area contributed by atoms with Gasteiger partial charge < -0.3 is 0 Å². The van der Waals surface area contributed by atoms with Crippen molar-refractivity contribution in [2.45, 2.75) is 0 Å². The molecule has 1 aromatic heterocycles. The molecule has 0 aliphatic heterocycles. The van der Waals surface area contributed by atoms with Gasteiger partial charge in [-0.3, -0.25) is 0 Å². The van der Waals surface area contributed by atoms with Crippen molar-refractivity contribution in [2.75, 3.05) is 0 Å². The maximum absolute atomic E-state index is 4.86. The summed E-state index contributed by atoms with van der Waals surface area (Å²) in [4.78, 5) is 0. The van der Waals surface area contributed by atoms with Gasteiger partial charge in [0.2, 0.25) is 0 Å². The van der Waals surface area contributed by atoms with Gasteiger partial charge in [0.1, 0.15) is 0 Å². The molecule has 0 saturated heterocycles. The summed E-state index contributed by atoms with van der Waals surface area (Å²) in [6.45, 7) is 0. The van der Waals surface area contributed by atoms with Crippen LogP contribution in [0.5, 0.6) is 0 Å². The first-order valence-electron chi connectivity index (χ1n) is 7.78. The first-order valence-corrected chi connectivity index (χ1v) is 8.57. The second kappa shape index (κ2) is 6.46. The third-order valence-electron chi connectivity index (χ3n) is 3.90. The molecule has 4 rings (SSSR count). The van der Waals surface area contributed by atoms with Crippen LogP contribution in [0.1, 0.15) is 0 Å². The van der Waals surface area contributed by atoms with Crippen molar-refractivity contribution in [3.05, 3.63) is 95.5 Å². The number of nitrogens with zero attached hydrogens (tertiary/aromatic N) is 2. The molecular formula is C21H15BrN2. The van der Waals surface area contributed by atoms with Gasteiger partial charge in [-0.15, -0.1) is 0 Å². The molecule has 116 valence electrons. The summed E-state index contributed by atoms with van der Waals surface area (Å²) < 4.78 is 3.06. The van der Waals surface area contributed by atoms with E-state index in [0.29, 0.717) is 0 Å². The van der Waals surface area contributed by atoms with E-state index in [1.165, 1.54) is 0 Å². The predicted molar refractivity (Wildman–Crippen MR) is 102 cm³/mol. The maximum Gasteiger partial charge on any atom is 0.0934 e. The molecule has 0 spiro atoms. The Labute approximate surface area is 149 Å². The van der Waals surface area contributed by atoms with Crippen LogP contribution in [0, 0.1) is 0 Å². The Morgan fingerprint density at radius 2 is 1.33 bits per heavy atom. The number of rotatable bonds is 3. The fraction of sp³-hybridized carbons (Fsp3) is 0. The molecule has 0 fully saturated rings. The highest BCUT2D eigenvalue weighted by atomic mass is 79.9. The molecule has 2 nitrogen and oxygen atoms in total. The Morgan fingerprint density at radius 1 is 0.667 bits per heavy atom. The summed E-state index contributed by atoms with van der Waals surface area (Å²) in [5.74, 6) is 0. The van der Waals surface area contributed by atoms with Crippen LogP contribution in [0.3, 0.4) is 0 Å². The molecule has 3 aromatic carbocycles. The van der Waals surface area contributed by atoms with Crippen LogP contribution in [0.4, 0.5) is 0 Å². The van der Waals surface area contributed by atoms with E-state index >= 15 is 0 Å². The minimum absolute atomic E-state index is 0.957. The van der Waals surface area contributed by atoms with Crippen molar-refractivity contribution in [3.8, 4) is 28.2 Å². The SMILES string of the molecule is Brc1cccc(-c2cc(-c3ccccc3)n(-c3ccccc3)n2)c1. The molecule has 0 radical (unpaired) electrons. The van der Waals surface area contributed by atoms with E-state index in [1.807, 2.05) is 41.1 Å². The third-order valence-corrected chi connectivity index (χ3v) is 4.39. The third kappa shape index (κ3) is 2.91. The first kappa shape index (κ1) is 14.9. The van der Waals surface area contributed by atoms with E-state index in [4.69, 9.17) is 5.10 Å². The van der Waals surface area contributed by atoms with Gasteiger partial charge in [0.15, 0.2) is 0 Å². The lowest BCUT2D eigenvalue weighted by molar-refractivity contribution is 0.892. The Bertz CT molecular complexity index is 903. The normalized spacial score (nSPS) is 10.7. The van der Waals surface area contributed by atoms with Crippen molar-refractivity contribution >= 4 is 15.9 Å². The molecule has 4 aromatic rings. The fourth-order valence-electron chi connectivity index (χ4n) is 2.75. The molecule has 0 amide bonds. The molecule has 0 saturated carbocycles. The minimum atomic E-state index is 0.957. The maximum atomic E-state index is 4.86. The number of aromatic nitrogens is 2. The summed E-state index contributed by atoms with van der Waals surface area (Å²) in [5.41, 5.74) is 5.33. The second-order valence-corrected chi connectivity index (χ2v) is 6.45. The quantitative estimate of drug-likeness (QED) is 0.431. The molecule has 0 aliphatic carbocycles. The van der Waals surface area contributed by atoms with Crippen molar-refractivity contribution in [1.82, 2.24) is 9.78 Å². The Morgan fingerprint density at radius 3 is 2.04 bits per heavy atom. The standard InChI is InChI=1S/C21H15BrN2/c22-18-11-7-10-17(14-18)20-15-21(16-8-3-1-4-9-16)24(23-20)19-12-5-2-6-13-19/h1-15H. The highest BCUT2D eigenvalue weighted by Gasteiger charge is 2.12. The van der Waals surface area contributed by atoms with Gasteiger partial charge in [-0.25, -0.2) is 4.68 Å².